The fraction of sp³-hybridized carbons (Fsp3) is 0.708. The Morgan fingerprint density at radius 3 is 0.821 bits per heavy atom. The molecular formula is C72H122O6. The van der Waals surface area contributed by atoms with Gasteiger partial charge in [-0.3, -0.25) is 14.4 Å². The molecule has 0 spiro atoms. The minimum Gasteiger partial charge on any atom is -0.462 e. The van der Waals surface area contributed by atoms with Crippen LogP contribution in [0.5, 0.6) is 0 Å². The molecule has 0 saturated carbocycles. The third-order valence-electron chi connectivity index (χ3n) is 14.0. The molecule has 446 valence electrons. The molecule has 1 atom stereocenters. The van der Waals surface area contributed by atoms with Crippen molar-refractivity contribution in [2.45, 2.75) is 316 Å². The van der Waals surface area contributed by atoms with Gasteiger partial charge in [0, 0.05) is 19.3 Å². The van der Waals surface area contributed by atoms with Crippen molar-refractivity contribution in [1.82, 2.24) is 0 Å². The van der Waals surface area contributed by atoms with E-state index in [2.05, 4.69) is 130 Å². The molecular weight excluding hydrogens is 961 g/mol. The third kappa shape index (κ3) is 62.9. The van der Waals surface area contributed by atoms with Crippen molar-refractivity contribution in [3.8, 4) is 0 Å². The monoisotopic (exact) mass is 1080 g/mol. The second-order valence-electron chi connectivity index (χ2n) is 21.6. The minimum absolute atomic E-state index is 0.0889. The fourth-order valence-corrected chi connectivity index (χ4v) is 9.10. The zero-order valence-corrected chi connectivity index (χ0v) is 51.2. The molecule has 6 nitrogen and oxygen atoms in total. The second-order valence-corrected chi connectivity index (χ2v) is 21.6. The number of hydrogen-bond donors (Lipinski definition) is 0. The molecule has 0 heterocycles. The highest BCUT2D eigenvalue weighted by Gasteiger charge is 2.19. The molecule has 0 aromatic rings. The zero-order valence-electron chi connectivity index (χ0n) is 51.2. The molecule has 0 aliphatic heterocycles. The number of unbranched alkanes of at least 4 members (excludes halogenated alkanes) is 30. The van der Waals surface area contributed by atoms with E-state index in [4.69, 9.17) is 14.2 Å². The SMILES string of the molecule is CC/C=C\C/C=C\C/C=C\C/C=C\C/C=C\C/C=C\C/C=C\C/C=C\CCCCCCC(=O)OCC(COC(=O)CCCCCCC/C=C\CCCCC)OC(=O)CCCCCCCCCCCCCCCCCCCCC. The van der Waals surface area contributed by atoms with Crippen LogP contribution >= 0.6 is 0 Å². The van der Waals surface area contributed by atoms with E-state index in [1.807, 2.05) is 0 Å². The van der Waals surface area contributed by atoms with Crippen LogP contribution < -0.4 is 0 Å². The summed E-state index contributed by atoms with van der Waals surface area (Å²) in [7, 11) is 0. The molecule has 0 radical (unpaired) electrons. The molecule has 0 amide bonds. The molecule has 78 heavy (non-hydrogen) atoms. The maximum atomic E-state index is 12.9. The zero-order chi connectivity index (χ0) is 56.4. The van der Waals surface area contributed by atoms with E-state index in [1.54, 1.807) is 0 Å². The Morgan fingerprint density at radius 1 is 0.269 bits per heavy atom. The quantitative estimate of drug-likeness (QED) is 0.0261. The van der Waals surface area contributed by atoms with E-state index in [-0.39, 0.29) is 31.1 Å². The lowest BCUT2D eigenvalue weighted by molar-refractivity contribution is -0.167. The van der Waals surface area contributed by atoms with E-state index in [0.717, 1.165) is 128 Å². The molecule has 0 aliphatic rings. The first-order chi connectivity index (χ1) is 38.5. The van der Waals surface area contributed by atoms with Gasteiger partial charge < -0.3 is 14.2 Å². The lowest BCUT2D eigenvalue weighted by Gasteiger charge is -2.18. The Kier molecular flexibility index (Phi) is 62.3. The predicted molar refractivity (Wildman–Crippen MR) is 339 cm³/mol. The van der Waals surface area contributed by atoms with Crippen molar-refractivity contribution >= 4 is 17.9 Å². The van der Waals surface area contributed by atoms with Crippen LogP contribution in [-0.2, 0) is 28.6 Å². The largest absolute Gasteiger partial charge is 0.462 e. The minimum atomic E-state index is -0.793. The summed E-state index contributed by atoms with van der Waals surface area (Å²) in [4.78, 5) is 38.3. The molecule has 0 rings (SSSR count). The van der Waals surface area contributed by atoms with Gasteiger partial charge in [-0.2, -0.15) is 0 Å². The summed E-state index contributed by atoms with van der Waals surface area (Å²) in [5, 5.41) is 0. The van der Waals surface area contributed by atoms with Gasteiger partial charge in [-0.15, -0.1) is 0 Å². The Morgan fingerprint density at radius 2 is 0.500 bits per heavy atom. The van der Waals surface area contributed by atoms with E-state index in [9.17, 15) is 14.4 Å². The van der Waals surface area contributed by atoms with Gasteiger partial charge in [0.05, 0.1) is 0 Å². The van der Waals surface area contributed by atoms with Gasteiger partial charge >= 0.3 is 17.9 Å². The smallest absolute Gasteiger partial charge is 0.306 e. The standard InChI is InChI=1S/C72H122O6/c1-4-7-10-13-16-19-22-25-27-29-31-32-33-34-35-36-37-38-39-40-42-43-45-47-50-53-56-59-62-65-71(74)77-68-69(67-76-70(73)64-61-58-55-52-49-24-21-18-15-12-9-6-3)78-72(75)66-63-60-57-54-51-48-46-44-41-30-28-26-23-20-17-14-11-8-5-2/h7,10,16,18-19,21,25,27,31-32,34-35,37-38,40,42,45,47,69H,4-6,8-9,11-15,17,20,22-24,26,28-30,33,36,39,41,43-44,46,48-68H2,1-3H3/b10-7-,19-16-,21-18-,27-25-,32-31-,35-34-,38-37-,42-40-,47-45-. The van der Waals surface area contributed by atoms with Crippen molar-refractivity contribution in [2.24, 2.45) is 0 Å². The molecule has 0 bridgehead atoms. The van der Waals surface area contributed by atoms with E-state index >= 15 is 0 Å². The van der Waals surface area contributed by atoms with Crippen molar-refractivity contribution in [2.75, 3.05) is 13.2 Å². The number of esters is 3. The van der Waals surface area contributed by atoms with E-state index < -0.39 is 6.10 Å². The normalized spacial score (nSPS) is 12.8. The van der Waals surface area contributed by atoms with E-state index in [1.165, 1.54) is 141 Å². The van der Waals surface area contributed by atoms with Gasteiger partial charge in [0.25, 0.3) is 0 Å². The molecule has 0 aliphatic carbocycles. The van der Waals surface area contributed by atoms with Crippen LogP contribution in [0.4, 0.5) is 0 Å². The number of allylic oxidation sites excluding steroid dienone is 18. The van der Waals surface area contributed by atoms with Gasteiger partial charge in [0.15, 0.2) is 6.10 Å². The van der Waals surface area contributed by atoms with Crippen LogP contribution in [0.1, 0.15) is 310 Å². The molecule has 0 aromatic carbocycles. The number of rotatable bonds is 59. The first-order valence-corrected chi connectivity index (χ1v) is 32.9. The van der Waals surface area contributed by atoms with Crippen molar-refractivity contribution < 1.29 is 28.6 Å². The van der Waals surface area contributed by atoms with Crippen LogP contribution in [0.25, 0.3) is 0 Å². The molecule has 0 N–H and O–H groups in total. The Balaban J connectivity index is 4.35. The molecule has 1 unspecified atom stereocenters. The van der Waals surface area contributed by atoms with E-state index in [0.29, 0.717) is 19.3 Å². The van der Waals surface area contributed by atoms with Crippen LogP contribution in [0.15, 0.2) is 109 Å². The van der Waals surface area contributed by atoms with Crippen LogP contribution in [-0.4, -0.2) is 37.2 Å². The average molecular weight is 1080 g/mol. The Bertz CT molecular complexity index is 1570. The molecule has 0 fully saturated rings. The van der Waals surface area contributed by atoms with Gasteiger partial charge in [0.2, 0.25) is 0 Å². The predicted octanol–water partition coefficient (Wildman–Crippen LogP) is 22.6. The summed E-state index contributed by atoms with van der Waals surface area (Å²) in [6.45, 7) is 6.50. The molecule has 6 heteroatoms. The van der Waals surface area contributed by atoms with Gasteiger partial charge in [-0.1, -0.05) is 291 Å². The highest BCUT2D eigenvalue weighted by molar-refractivity contribution is 5.71. The lowest BCUT2D eigenvalue weighted by Crippen LogP contribution is -2.30. The number of carbonyl (C=O) groups excluding carboxylic acids is 3. The van der Waals surface area contributed by atoms with Crippen LogP contribution in [0.2, 0.25) is 0 Å². The van der Waals surface area contributed by atoms with Gasteiger partial charge in [-0.25, -0.2) is 0 Å². The highest BCUT2D eigenvalue weighted by atomic mass is 16.6. The summed E-state index contributed by atoms with van der Waals surface area (Å²) >= 11 is 0. The summed E-state index contributed by atoms with van der Waals surface area (Å²) < 4.78 is 16.9. The lowest BCUT2D eigenvalue weighted by atomic mass is 10.0. The third-order valence-corrected chi connectivity index (χ3v) is 14.0. The van der Waals surface area contributed by atoms with Crippen LogP contribution in [0, 0.1) is 0 Å². The number of ether oxygens (including phenoxy) is 3. The number of carbonyl (C=O) groups is 3. The molecule has 0 aromatic heterocycles. The Labute approximate surface area is 482 Å². The van der Waals surface area contributed by atoms with Crippen molar-refractivity contribution in [1.29, 1.82) is 0 Å². The first kappa shape index (κ1) is 74.1. The first-order valence-electron chi connectivity index (χ1n) is 32.9. The topological polar surface area (TPSA) is 78.9 Å². The summed E-state index contributed by atoms with van der Waals surface area (Å²) in [5.74, 6) is -0.913. The summed E-state index contributed by atoms with van der Waals surface area (Å²) in [5.41, 5.74) is 0. The maximum Gasteiger partial charge on any atom is 0.306 e. The van der Waals surface area contributed by atoms with Gasteiger partial charge in [0.1, 0.15) is 13.2 Å². The summed E-state index contributed by atoms with van der Waals surface area (Å²) in [6.07, 6.45) is 89.6. The second kappa shape index (κ2) is 65.6. The van der Waals surface area contributed by atoms with Crippen LogP contribution in [0.3, 0.4) is 0 Å². The van der Waals surface area contributed by atoms with Crippen molar-refractivity contribution in [3.05, 3.63) is 109 Å². The van der Waals surface area contributed by atoms with Crippen molar-refractivity contribution in [3.63, 3.8) is 0 Å². The molecule has 0 saturated heterocycles. The summed E-state index contributed by atoms with van der Waals surface area (Å²) in [6, 6.07) is 0. The average Bonchev–Trinajstić information content (AvgIpc) is 3.44. The maximum absolute atomic E-state index is 12.9. The van der Waals surface area contributed by atoms with Gasteiger partial charge in [-0.05, 0) is 109 Å². The highest BCUT2D eigenvalue weighted by Crippen LogP contribution is 2.16. The fourth-order valence-electron chi connectivity index (χ4n) is 9.10. The Hall–Kier alpha value is -3.93. The number of hydrogen-bond acceptors (Lipinski definition) is 6.